The van der Waals surface area contributed by atoms with Crippen LogP contribution in [0.15, 0.2) is 6.20 Å². The first-order valence-electron chi connectivity index (χ1n) is 7.23. The summed E-state index contributed by atoms with van der Waals surface area (Å²) in [5.41, 5.74) is 11.2. The van der Waals surface area contributed by atoms with Crippen LogP contribution in [0.25, 0.3) is 0 Å². The van der Waals surface area contributed by atoms with E-state index in [1.165, 1.54) is 4.90 Å². The number of carboxylic acid groups (broad SMARTS) is 1. The van der Waals surface area contributed by atoms with Gasteiger partial charge in [-0.05, 0) is 11.8 Å². The molecule has 2 atom stereocenters. The van der Waals surface area contributed by atoms with Crippen LogP contribution in [0, 0.1) is 11.3 Å². The van der Waals surface area contributed by atoms with Crippen LogP contribution in [0.4, 0.5) is 10.5 Å². The molecule has 0 aliphatic carbocycles. The van der Waals surface area contributed by atoms with Crippen molar-refractivity contribution in [1.29, 1.82) is 0 Å². The van der Waals surface area contributed by atoms with Crippen molar-refractivity contribution in [3.05, 3.63) is 11.9 Å². The van der Waals surface area contributed by atoms with E-state index in [2.05, 4.69) is 25.9 Å². The highest BCUT2D eigenvalue weighted by Gasteiger charge is 2.40. The van der Waals surface area contributed by atoms with Gasteiger partial charge < -0.3 is 21.5 Å². The van der Waals surface area contributed by atoms with E-state index in [4.69, 9.17) is 11.5 Å². The molecule has 2 amide bonds. The van der Waals surface area contributed by atoms with Gasteiger partial charge in [-0.2, -0.15) is 5.10 Å². The predicted octanol–water partition coefficient (Wildman–Crippen LogP) is 1.15. The van der Waals surface area contributed by atoms with Gasteiger partial charge in [0.15, 0.2) is 5.69 Å². The number of hydrogen-bond donors (Lipinski definition) is 3. The fourth-order valence-corrected chi connectivity index (χ4v) is 3.05. The summed E-state index contributed by atoms with van der Waals surface area (Å²) in [4.78, 5) is 24.0. The maximum absolute atomic E-state index is 11.3. The summed E-state index contributed by atoms with van der Waals surface area (Å²) in [5, 5.41) is 13.4. The number of hydrogen-bond acceptors (Lipinski definition) is 4. The van der Waals surface area contributed by atoms with Crippen molar-refractivity contribution in [2.75, 3.05) is 18.8 Å². The Labute approximate surface area is 129 Å². The highest BCUT2D eigenvalue weighted by molar-refractivity contribution is 5.95. The monoisotopic (exact) mass is 309 g/mol. The van der Waals surface area contributed by atoms with Gasteiger partial charge in [0.2, 0.25) is 0 Å². The van der Waals surface area contributed by atoms with E-state index >= 15 is 0 Å². The van der Waals surface area contributed by atoms with Crippen molar-refractivity contribution in [2.24, 2.45) is 17.1 Å². The zero-order valence-electron chi connectivity index (χ0n) is 13.1. The van der Waals surface area contributed by atoms with Gasteiger partial charge in [-0.1, -0.05) is 20.8 Å². The number of anilines is 1. The number of carbonyl (C=O) groups is 2. The molecule has 122 valence electrons. The number of piperidine rings is 1. The van der Waals surface area contributed by atoms with E-state index in [-0.39, 0.29) is 28.8 Å². The predicted molar refractivity (Wildman–Crippen MR) is 81.4 cm³/mol. The second-order valence-electron chi connectivity index (χ2n) is 6.83. The van der Waals surface area contributed by atoms with E-state index in [9.17, 15) is 14.7 Å². The van der Waals surface area contributed by atoms with Gasteiger partial charge in [0.25, 0.3) is 5.91 Å². The molecule has 2 unspecified atom stereocenters. The van der Waals surface area contributed by atoms with Gasteiger partial charge in [-0.15, -0.1) is 0 Å². The van der Waals surface area contributed by atoms with Crippen molar-refractivity contribution in [3.63, 3.8) is 0 Å². The summed E-state index contributed by atoms with van der Waals surface area (Å²) in [7, 11) is 0. The molecule has 0 bridgehead atoms. The molecule has 1 aliphatic rings. The quantitative estimate of drug-likeness (QED) is 0.755. The molecule has 0 spiro atoms. The molecule has 5 N–H and O–H groups in total. The molecule has 8 nitrogen and oxygen atoms in total. The minimum absolute atomic E-state index is 0.0222. The number of primary amides is 1. The van der Waals surface area contributed by atoms with Gasteiger partial charge in [-0.3, -0.25) is 9.48 Å². The molecule has 1 aliphatic heterocycles. The zero-order chi connectivity index (χ0) is 16.7. The Morgan fingerprint density at radius 3 is 2.50 bits per heavy atom. The lowest BCUT2D eigenvalue weighted by atomic mass is 9.73. The maximum atomic E-state index is 11.3. The summed E-state index contributed by atoms with van der Waals surface area (Å²) in [5.74, 6) is -0.607. The Kier molecular flexibility index (Phi) is 4.04. The third kappa shape index (κ3) is 3.00. The van der Waals surface area contributed by atoms with Crippen LogP contribution in [0.3, 0.4) is 0 Å². The van der Waals surface area contributed by atoms with E-state index in [0.717, 1.165) is 0 Å². The number of nitrogen functional groups attached to an aromatic ring is 1. The zero-order valence-corrected chi connectivity index (χ0v) is 13.1. The van der Waals surface area contributed by atoms with Crippen molar-refractivity contribution in [3.8, 4) is 0 Å². The molecule has 1 fully saturated rings. The number of aromatic nitrogens is 2. The number of nitrogens with two attached hydrogens (primary N) is 2. The van der Waals surface area contributed by atoms with Crippen LogP contribution in [0.5, 0.6) is 0 Å². The molecule has 1 aromatic rings. The Morgan fingerprint density at radius 2 is 2.05 bits per heavy atom. The van der Waals surface area contributed by atoms with Crippen LogP contribution >= 0.6 is 0 Å². The standard InChI is InChI=1S/C14H23N5O3/c1-14(2,3)8-6-18(13(21)22)5-4-10(8)19-7-9(15)11(17-19)12(16)20/h7-8,10H,4-6,15H2,1-3H3,(H2,16,20)(H,21,22). The smallest absolute Gasteiger partial charge is 0.407 e. The molecule has 2 rings (SSSR count). The molecule has 8 heteroatoms. The van der Waals surface area contributed by atoms with Gasteiger partial charge in [0.1, 0.15) is 0 Å². The van der Waals surface area contributed by atoms with E-state index in [1.54, 1.807) is 10.9 Å². The van der Waals surface area contributed by atoms with Crippen molar-refractivity contribution in [2.45, 2.75) is 33.2 Å². The molecule has 2 heterocycles. The number of likely N-dealkylation sites (tertiary alicyclic amines) is 1. The fourth-order valence-electron chi connectivity index (χ4n) is 3.05. The van der Waals surface area contributed by atoms with Crippen LogP contribution in [0.1, 0.15) is 43.7 Å². The summed E-state index contributed by atoms with van der Waals surface area (Å²) < 4.78 is 1.67. The van der Waals surface area contributed by atoms with Gasteiger partial charge in [0, 0.05) is 25.2 Å². The average Bonchev–Trinajstić information content (AvgIpc) is 2.79. The number of rotatable bonds is 2. The largest absolute Gasteiger partial charge is 0.465 e. The van der Waals surface area contributed by atoms with Crippen LogP contribution in [-0.2, 0) is 0 Å². The number of carbonyl (C=O) groups excluding carboxylic acids is 1. The summed E-state index contributed by atoms with van der Waals surface area (Å²) in [6, 6.07) is -0.0222. The second kappa shape index (κ2) is 5.51. The van der Waals surface area contributed by atoms with Crippen LogP contribution < -0.4 is 11.5 Å². The molecule has 1 saturated heterocycles. The summed E-state index contributed by atoms with van der Waals surface area (Å²) in [6.45, 7) is 7.06. The molecule has 0 radical (unpaired) electrons. The van der Waals surface area contributed by atoms with E-state index in [0.29, 0.717) is 19.5 Å². The van der Waals surface area contributed by atoms with Gasteiger partial charge in [-0.25, -0.2) is 4.79 Å². The van der Waals surface area contributed by atoms with E-state index in [1.807, 2.05) is 0 Å². The number of amides is 2. The SMILES string of the molecule is CC(C)(C)C1CN(C(=O)O)CCC1n1cc(N)c(C(N)=O)n1. The van der Waals surface area contributed by atoms with Crippen molar-refractivity contribution in [1.82, 2.24) is 14.7 Å². The molecule has 22 heavy (non-hydrogen) atoms. The summed E-state index contributed by atoms with van der Waals surface area (Å²) >= 11 is 0. The fraction of sp³-hybridized carbons (Fsp3) is 0.643. The first-order valence-corrected chi connectivity index (χ1v) is 7.23. The lowest BCUT2D eigenvalue weighted by Crippen LogP contribution is -2.48. The Bertz CT molecular complexity index is 590. The normalized spacial score (nSPS) is 22.6. The van der Waals surface area contributed by atoms with Crippen LogP contribution in [0.2, 0.25) is 0 Å². The minimum Gasteiger partial charge on any atom is -0.465 e. The first-order chi connectivity index (χ1) is 10.1. The molecular weight excluding hydrogens is 286 g/mol. The van der Waals surface area contributed by atoms with E-state index < -0.39 is 12.0 Å². The molecule has 0 saturated carbocycles. The van der Waals surface area contributed by atoms with Gasteiger partial charge in [0.05, 0.1) is 11.7 Å². The van der Waals surface area contributed by atoms with Crippen LogP contribution in [-0.4, -0.2) is 44.9 Å². The minimum atomic E-state index is -0.912. The highest BCUT2D eigenvalue weighted by Crippen LogP contribution is 2.40. The Balaban J connectivity index is 2.34. The third-order valence-electron chi connectivity index (χ3n) is 4.29. The molecular formula is C14H23N5O3. The number of nitrogens with zero attached hydrogens (tertiary/aromatic N) is 3. The lowest BCUT2D eigenvalue weighted by molar-refractivity contribution is 0.0464. The second-order valence-corrected chi connectivity index (χ2v) is 6.83. The highest BCUT2D eigenvalue weighted by atomic mass is 16.4. The Morgan fingerprint density at radius 1 is 1.41 bits per heavy atom. The van der Waals surface area contributed by atoms with Gasteiger partial charge >= 0.3 is 6.09 Å². The molecule has 0 aromatic carbocycles. The van der Waals surface area contributed by atoms with Crippen molar-refractivity contribution >= 4 is 17.7 Å². The summed E-state index contributed by atoms with van der Waals surface area (Å²) in [6.07, 6.45) is 1.32. The Hall–Kier alpha value is -2.25. The lowest BCUT2D eigenvalue weighted by Gasteiger charge is -2.43. The maximum Gasteiger partial charge on any atom is 0.407 e. The molecule has 1 aromatic heterocycles. The average molecular weight is 309 g/mol. The topological polar surface area (TPSA) is 127 Å². The van der Waals surface area contributed by atoms with Crippen molar-refractivity contribution < 1.29 is 14.7 Å². The third-order valence-corrected chi connectivity index (χ3v) is 4.29. The first kappa shape index (κ1) is 16.1.